The van der Waals surface area contributed by atoms with Crippen molar-refractivity contribution in [3.8, 4) is 11.3 Å². The second-order valence-electron chi connectivity index (χ2n) is 8.43. The lowest BCUT2D eigenvalue weighted by Gasteiger charge is -2.23. The minimum Gasteiger partial charge on any atom is -0.339 e. The number of benzene rings is 1. The molecule has 2 aliphatic rings. The maximum atomic E-state index is 13.2. The van der Waals surface area contributed by atoms with Crippen LogP contribution >= 0.6 is 0 Å². The van der Waals surface area contributed by atoms with Crippen LogP contribution in [0.1, 0.15) is 37.7 Å². The molecule has 2 fully saturated rings. The Morgan fingerprint density at radius 3 is 2.63 bits per heavy atom. The summed E-state index contributed by atoms with van der Waals surface area (Å²) in [5, 5.41) is 3.12. The SMILES string of the molecule is Cc1cccn2c(NC(=O)[C@H]3CC(=O)N(C4CCCC4)C3)c(-c3ccccc3)nc12. The van der Waals surface area contributed by atoms with E-state index in [9.17, 15) is 9.59 Å². The topological polar surface area (TPSA) is 66.7 Å². The van der Waals surface area contributed by atoms with Gasteiger partial charge in [-0.1, -0.05) is 49.2 Å². The van der Waals surface area contributed by atoms with E-state index in [1.54, 1.807) is 0 Å². The second kappa shape index (κ2) is 7.59. The van der Waals surface area contributed by atoms with Crippen LogP contribution < -0.4 is 5.32 Å². The number of nitrogens with one attached hydrogen (secondary N) is 1. The summed E-state index contributed by atoms with van der Waals surface area (Å²) in [6.07, 6.45) is 6.68. The van der Waals surface area contributed by atoms with E-state index in [1.165, 1.54) is 12.8 Å². The lowest BCUT2D eigenvalue weighted by molar-refractivity contribution is -0.129. The number of hydrogen-bond donors (Lipinski definition) is 1. The number of fused-ring (bicyclic) bond motifs is 1. The van der Waals surface area contributed by atoms with Gasteiger partial charge in [-0.15, -0.1) is 0 Å². The zero-order valence-corrected chi connectivity index (χ0v) is 17.2. The molecule has 3 aromatic rings. The van der Waals surface area contributed by atoms with E-state index >= 15 is 0 Å². The Balaban J connectivity index is 1.45. The van der Waals surface area contributed by atoms with Crippen molar-refractivity contribution in [2.45, 2.75) is 45.1 Å². The highest BCUT2D eigenvalue weighted by Crippen LogP contribution is 2.33. The van der Waals surface area contributed by atoms with Crippen molar-refractivity contribution in [2.24, 2.45) is 5.92 Å². The highest BCUT2D eigenvalue weighted by molar-refractivity contribution is 5.99. The van der Waals surface area contributed by atoms with Crippen molar-refractivity contribution < 1.29 is 9.59 Å². The smallest absolute Gasteiger partial charge is 0.230 e. The van der Waals surface area contributed by atoms with Crippen LogP contribution in [0.4, 0.5) is 5.82 Å². The van der Waals surface area contributed by atoms with Gasteiger partial charge in [0.25, 0.3) is 0 Å². The number of aromatic nitrogens is 2. The number of rotatable bonds is 4. The second-order valence-corrected chi connectivity index (χ2v) is 8.43. The fourth-order valence-electron chi connectivity index (χ4n) is 4.82. The molecule has 1 saturated carbocycles. The van der Waals surface area contributed by atoms with E-state index < -0.39 is 0 Å². The molecule has 0 radical (unpaired) electrons. The molecule has 1 aliphatic carbocycles. The summed E-state index contributed by atoms with van der Waals surface area (Å²) in [7, 11) is 0. The number of carbonyl (C=O) groups excluding carboxylic acids is 2. The number of likely N-dealkylation sites (tertiary alicyclic amines) is 1. The standard InChI is InChI=1S/C24H26N4O2/c1-16-8-7-13-27-22(16)25-21(17-9-3-2-4-10-17)23(27)26-24(30)18-14-20(29)28(15-18)19-11-5-6-12-19/h2-4,7-10,13,18-19H,5-6,11-12,14-15H2,1H3,(H,26,30)/t18-/m0/s1. The molecule has 1 N–H and O–H groups in total. The zero-order valence-electron chi connectivity index (χ0n) is 17.2. The van der Waals surface area contributed by atoms with Gasteiger partial charge in [-0.25, -0.2) is 4.98 Å². The van der Waals surface area contributed by atoms with E-state index in [0.29, 0.717) is 24.8 Å². The van der Waals surface area contributed by atoms with Crippen molar-refractivity contribution >= 4 is 23.3 Å². The fraction of sp³-hybridized carbons (Fsp3) is 0.375. The van der Waals surface area contributed by atoms with E-state index in [0.717, 1.165) is 35.3 Å². The fourth-order valence-corrected chi connectivity index (χ4v) is 4.82. The highest BCUT2D eigenvalue weighted by Gasteiger charge is 2.39. The van der Waals surface area contributed by atoms with Crippen LogP contribution in [-0.2, 0) is 9.59 Å². The Morgan fingerprint density at radius 2 is 1.87 bits per heavy atom. The van der Waals surface area contributed by atoms with Crippen molar-refractivity contribution in [1.82, 2.24) is 14.3 Å². The molecule has 1 atom stereocenters. The summed E-state index contributed by atoms with van der Waals surface area (Å²) in [4.78, 5) is 32.5. The van der Waals surface area contributed by atoms with Gasteiger partial charge in [-0.3, -0.25) is 14.0 Å². The summed E-state index contributed by atoms with van der Waals surface area (Å²) in [5.41, 5.74) is 3.56. The molecule has 30 heavy (non-hydrogen) atoms. The lowest BCUT2D eigenvalue weighted by atomic mass is 10.1. The van der Waals surface area contributed by atoms with Crippen molar-refractivity contribution in [1.29, 1.82) is 0 Å². The number of amides is 2. The number of nitrogens with zero attached hydrogens (tertiary/aromatic N) is 3. The molecule has 2 amide bonds. The number of carbonyl (C=O) groups is 2. The molecule has 5 rings (SSSR count). The Hall–Kier alpha value is -3.15. The molecule has 2 aromatic heterocycles. The highest BCUT2D eigenvalue weighted by atomic mass is 16.2. The molecule has 1 aromatic carbocycles. The monoisotopic (exact) mass is 402 g/mol. The third kappa shape index (κ3) is 3.26. The maximum Gasteiger partial charge on any atom is 0.230 e. The molecule has 6 heteroatoms. The third-order valence-electron chi connectivity index (χ3n) is 6.43. The van der Waals surface area contributed by atoms with E-state index in [2.05, 4.69) is 5.32 Å². The van der Waals surface area contributed by atoms with Gasteiger partial charge >= 0.3 is 0 Å². The van der Waals surface area contributed by atoms with E-state index in [1.807, 2.05) is 64.9 Å². The number of aryl methyl sites for hydroxylation is 1. The summed E-state index contributed by atoms with van der Waals surface area (Å²) in [5.74, 6) is 0.345. The summed E-state index contributed by atoms with van der Waals surface area (Å²) < 4.78 is 1.93. The van der Waals surface area contributed by atoms with Gasteiger partial charge < -0.3 is 10.2 Å². The normalized spacial score (nSPS) is 19.7. The van der Waals surface area contributed by atoms with Crippen LogP contribution in [0.5, 0.6) is 0 Å². The molecule has 3 heterocycles. The molecule has 154 valence electrons. The van der Waals surface area contributed by atoms with Gasteiger partial charge in [0.2, 0.25) is 11.8 Å². The molecule has 0 unspecified atom stereocenters. The quantitative estimate of drug-likeness (QED) is 0.716. The summed E-state index contributed by atoms with van der Waals surface area (Å²) in [6.45, 7) is 2.53. The Morgan fingerprint density at radius 1 is 1.10 bits per heavy atom. The van der Waals surface area contributed by atoms with Crippen LogP contribution in [0.15, 0.2) is 48.7 Å². The number of pyridine rings is 1. The van der Waals surface area contributed by atoms with Crippen LogP contribution in [0.25, 0.3) is 16.9 Å². The van der Waals surface area contributed by atoms with Gasteiger partial charge in [0, 0.05) is 30.8 Å². The summed E-state index contributed by atoms with van der Waals surface area (Å²) in [6, 6.07) is 14.2. The van der Waals surface area contributed by atoms with Crippen LogP contribution in [0.3, 0.4) is 0 Å². The Labute approximate surface area is 175 Å². The largest absolute Gasteiger partial charge is 0.339 e. The minimum atomic E-state index is -0.322. The van der Waals surface area contributed by atoms with Gasteiger partial charge in [0.1, 0.15) is 17.2 Å². The first-order valence-corrected chi connectivity index (χ1v) is 10.8. The Bertz CT molecular complexity index is 1100. The van der Waals surface area contributed by atoms with E-state index in [-0.39, 0.29) is 17.7 Å². The van der Waals surface area contributed by atoms with Gasteiger partial charge in [0.05, 0.1) is 5.92 Å². The first-order valence-electron chi connectivity index (χ1n) is 10.8. The lowest BCUT2D eigenvalue weighted by Crippen LogP contribution is -2.35. The number of imidazole rings is 1. The molecule has 0 spiro atoms. The predicted molar refractivity (Wildman–Crippen MR) is 116 cm³/mol. The van der Waals surface area contributed by atoms with Crippen LogP contribution in [-0.4, -0.2) is 38.7 Å². The average Bonchev–Trinajstić information content (AvgIpc) is 3.48. The minimum absolute atomic E-state index is 0.107. The number of anilines is 1. The molecular formula is C24H26N4O2. The van der Waals surface area contributed by atoms with Gasteiger partial charge in [-0.2, -0.15) is 0 Å². The number of hydrogen-bond acceptors (Lipinski definition) is 3. The molecule has 0 bridgehead atoms. The van der Waals surface area contributed by atoms with Crippen LogP contribution in [0, 0.1) is 12.8 Å². The molecule has 1 aliphatic heterocycles. The van der Waals surface area contributed by atoms with Gasteiger partial charge in [-0.05, 0) is 31.4 Å². The first-order chi connectivity index (χ1) is 14.6. The van der Waals surface area contributed by atoms with E-state index in [4.69, 9.17) is 4.98 Å². The predicted octanol–water partition coefficient (Wildman–Crippen LogP) is 4.04. The Kier molecular flexibility index (Phi) is 4.77. The van der Waals surface area contributed by atoms with Crippen molar-refractivity contribution in [2.75, 3.05) is 11.9 Å². The summed E-state index contributed by atoms with van der Waals surface area (Å²) >= 11 is 0. The molecule has 6 nitrogen and oxygen atoms in total. The van der Waals surface area contributed by atoms with Crippen molar-refractivity contribution in [3.63, 3.8) is 0 Å². The van der Waals surface area contributed by atoms with Gasteiger partial charge in [0.15, 0.2) is 0 Å². The zero-order chi connectivity index (χ0) is 20.7. The average molecular weight is 402 g/mol. The van der Waals surface area contributed by atoms with Crippen LogP contribution in [0.2, 0.25) is 0 Å². The maximum absolute atomic E-state index is 13.2. The third-order valence-corrected chi connectivity index (χ3v) is 6.43. The molecular weight excluding hydrogens is 376 g/mol. The first kappa shape index (κ1) is 18.9. The van der Waals surface area contributed by atoms with Crippen molar-refractivity contribution in [3.05, 3.63) is 54.2 Å². The molecule has 1 saturated heterocycles.